The minimum atomic E-state index is -4.24. The van der Waals surface area contributed by atoms with Gasteiger partial charge >= 0.3 is 10.3 Å². The Morgan fingerprint density at radius 2 is 2.06 bits per heavy atom. The van der Waals surface area contributed by atoms with Crippen molar-refractivity contribution < 1.29 is 37.4 Å². The van der Waals surface area contributed by atoms with E-state index < -0.39 is 47.6 Å². The van der Waals surface area contributed by atoms with Gasteiger partial charge in [-0.3, -0.25) is 4.18 Å². The van der Waals surface area contributed by atoms with Gasteiger partial charge in [0.15, 0.2) is 0 Å². The molecule has 1 saturated heterocycles. The van der Waals surface area contributed by atoms with E-state index in [-0.39, 0.29) is 0 Å². The second kappa shape index (κ2) is 5.12. The number of hydrogen-bond acceptors (Lipinski definition) is 8. The molecule has 102 valence electrons. The lowest BCUT2D eigenvalue weighted by Gasteiger charge is -2.29. The van der Waals surface area contributed by atoms with Gasteiger partial charge in [0.25, 0.3) is 0 Å². The van der Waals surface area contributed by atoms with Gasteiger partial charge in [-0.05, 0) is 0 Å². The van der Waals surface area contributed by atoms with E-state index >= 15 is 0 Å². The molecule has 0 spiro atoms. The molecule has 9 nitrogen and oxygen atoms in total. The van der Waals surface area contributed by atoms with Gasteiger partial charge in [0, 0.05) is 7.11 Å². The molecule has 17 heavy (non-hydrogen) atoms. The van der Waals surface area contributed by atoms with Crippen LogP contribution in [0.3, 0.4) is 0 Å². The average molecular weight is 273 g/mol. The SMILES string of the molecule is COC1(COS(N)(=O)=O)OC(CO)[C@@H](O)C1O. The number of nitrogens with two attached hydrogens (primary N) is 1. The highest BCUT2D eigenvalue weighted by Crippen LogP contribution is 2.32. The predicted molar refractivity (Wildman–Crippen MR) is 52.8 cm³/mol. The molecule has 0 aromatic carbocycles. The Hall–Kier alpha value is -0.330. The fourth-order valence-electron chi connectivity index (χ4n) is 1.52. The van der Waals surface area contributed by atoms with E-state index in [1.165, 1.54) is 0 Å². The molecule has 1 fully saturated rings. The van der Waals surface area contributed by atoms with Crippen LogP contribution in [0.15, 0.2) is 0 Å². The molecule has 0 aliphatic carbocycles. The first kappa shape index (κ1) is 14.7. The van der Waals surface area contributed by atoms with Crippen LogP contribution in [0, 0.1) is 0 Å². The number of aliphatic hydroxyl groups is 3. The zero-order valence-corrected chi connectivity index (χ0v) is 9.83. The first-order valence-electron chi connectivity index (χ1n) is 4.63. The molecule has 0 aromatic rings. The lowest BCUT2D eigenvalue weighted by molar-refractivity contribution is -0.259. The van der Waals surface area contributed by atoms with Gasteiger partial charge in [0.2, 0.25) is 5.79 Å². The van der Waals surface area contributed by atoms with Crippen LogP contribution in [-0.4, -0.2) is 68.2 Å². The molecule has 1 aliphatic rings. The molecule has 4 atom stereocenters. The fraction of sp³-hybridized carbons (Fsp3) is 1.00. The van der Waals surface area contributed by atoms with Crippen molar-refractivity contribution in [2.24, 2.45) is 5.14 Å². The van der Waals surface area contributed by atoms with E-state index in [0.29, 0.717) is 0 Å². The van der Waals surface area contributed by atoms with Crippen molar-refractivity contribution in [3.63, 3.8) is 0 Å². The quantitative estimate of drug-likeness (QED) is 0.406. The van der Waals surface area contributed by atoms with Gasteiger partial charge in [-0.15, -0.1) is 0 Å². The summed E-state index contributed by atoms with van der Waals surface area (Å²) in [6.45, 7) is -1.31. The van der Waals surface area contributed by atoms with Crippen LogP contribution < -0.4 is 5.14 Å². The molecular weight excluding hydrogens is 258 g/mol. The Labute approximate surface area is 98.0 Å². The van der Waals surface area contributed by atoms with E-state index in [4.69, 9.17) is 14.6 Å². The summed E-state index contributed by atoms with van der Waals surface area (Å²) in [5, 5.41) is 32.7. The van der Waals surface area contributed by atoms with Crippen LogP contribution in [0.1, 0.15) is 0 Å². The van der Waals surface area contributed by atoms with E-state index in [9.17, 15) is 18.6 Å². The first-order chi connectivity index (χ1) is 7.75. The normalized spacial score (nSPS) is 38.5. The Morgan fingerprint density at radius 3 is 2.41 bits per heavy atom. The summed E-state index contributed by atoms with van der Waals surface area (Å²) in [6, 6.07) is 0. The Morgan fingerprint density at radius 1 is 1.47 bits per heavy atom. The summed E-state index contributed by atoms with van der Waals surface area (Å²) in [5.74, 6) is -1.89. The van der Waals surface area contributed by atoms with Crippen molar-refractivity contribution in [1.29, 1.82) is 0 Å². The van der Waals surface area contributed by atoms with E-state index in [2.05, 4.69) is 9.32 Å². The second-order valence-corrected chi connectivity index (χ2v) is 4.77. The summed E-state index contributed by atoms with van der Waals surface area (Å²) < 4.78 is 35.4. The lowest BCUT2D eigenvalue weighted by atomic mass is 10.1. The third-order valence-electron chi connectivity index (χ3n) is 2.46. The Balaban J connectivity index is 2.82. The van der Waals surface area contributed by atoms with Crippen LogP contribution >= 0.6 is 0 Å². The van der Waals surface area contributed by atoms with Gasteiger partial charge in [0.1, 0.15) is 24.9 Å². The van der Waals surface area contributed by atoms with Crippen molar-refractivity contribution >= 4 is 10.3 Å². The molecular formula is C7H15NO8S. The highest BCUT2D eigenvalue weighted by molar-refractivity contribution is 7.84. The van der Waals surface area contributed by atoms with Gasteiger partial charge < -0.3 is 24.8 Å². The highest BCUT2D eigenvalue weighted by atomic mass is 32.2. The smallest absolute Gasteiger partial charge is 0.333 e. The van der Waals surface area contributed by atoms with Crippen molar-refractivity contribution in [2.75, 3.05) is 20.3 Å². The molecule has 0 aromatic heterocycles. The molecule has 0 amide bonds. The molecule has 0 saturated carbocycles. The summed E-state index contributed by atoms with van der Waals surface area (Å²) in [4.78, 5) is 0. The van der Waals surface area contributed by atoms with Crippen LogP contribution in [0.4, 0.5) is 0 Å². The van der Waals surface area contributed by atoms with Crippen molar-refractivity contribution in [3.05, 3.63) is 0 Å². The zero-order chi connectivity index (χ0) is 13.3. The summed E-state index contributed by atoms with van der Waals surface area (Å²) in [5.41, 5.74) is 0. The third-order valence-corrected chi connectivity index (χ3v) is 2.90. The zero-order valence-electron chi connectivity index (χ0n) is 9.01. The van der Waals surface area contributed by atoms with Crippen LogP contribution in [-0.2, 0) is 24.0 Å². The summed E-state index contributed by atoms with van der Waals surface area (Å²) >= 11 is 0. The summed E-state index contributed by atoms with van der Waals surface area (Å²) in [6.07, 6.45) is -4.11. The van der Waals surface area contributed by atoms with Crippen molar-refractivity contribution in [2.45, 2.75) is 24.1 Å². The number of ether oxygens (including phenoxy) is 2. The van der Waals surface area contributed by atoms with Crippen LogP contribution in [0.2, 0.25) is 0 Å². The maximum absolute atomic E-state index is 10.6. The fourth-order valence-corrected chi connectivity index (χ4v) is 1.84. The van der Waals surface area contributed by atoms with E-state index in [1.807, 2.05) is 0 Å². The van der Waals surface area contributed by atoms with Crippen molar-refractivity contribution in [3.8, 4) is 0 Å². The van der Waals surface area contributed by atoms with E-state index in [1.54, 1.807) is 0 Å². The third kappa shape index (κ3) is 3.11. The average Bonchev–Trinajstić information content (AvgIpc) is 2.50. The monoisotopic (exact) mass is 273 g/mol. The van der Waals surface area contributed by atoms with Crippen LogP contribution in [0.25, 0.3) is 0 Å². The molecule has 0 bridgehead atoms. The molecule has 3 unspecified atom stereocenters. The largest absolute Gasteiger partial charge is 0.394 e. The Kier molecular flexibility index (Phi) is 4.43. The van der Waals surface area contributed by atoms with E-state index in [0.717, 1.165) is 7.11 Å². The number of aliphatic hydroxyl groups excluding tert-OH is 3. The first-order valence-corrected chi connectivity index (χ1v) is 6.10. The lowest BCUT2D eigenvalue weighted by Crippen LogP contribution is -2.49. The van der Waals surface area contributed by atoms with Crippen LogP contribution in [0.5, 0.6) is 0 Å². The maximum atomic E-state index is 10.6. The highest BCUT2D eigenvalue weighted by Gasteiger charge is 2.55. The van der Waals surface area contributed by atoms with Gasteiger partial charge in [-0.1, -0.05) is 0 Å². The molecule has 1 heterocycles. The molecule has 0 radical (unpaired) electrons. The van der Waals surface area contributed by atoms with Crippen molar-refractivity contribution in [1.82, 2.24) is 0 Å². The Bertz CT molecular complexity index is 359. The molecule has 1 aliphatic heterocycles. The summed E-state index contributed by atoms with van der Waals surface area (Å²) in [7, 11) is -3.11. The minimum absolute atomic E-state index is 0.571. The molecule has 5 N–H and O–H groups in total. The molecule has 1 rings (SSSR count). The van der Waals surface area contributed by atoms with Gasteiger partial charge in [-0.25, -0.2) is 5.14 Å². The predicted octanol–water partition coefficient (Wildman–Crippen LogP) is -3.34. The topological polar surface area (TPSA) is 149 Å². The second-order valence-electron chi connectivity index (χ2n) is 3.55. The number of hydrogen-bond donors (Lipinski definition) is 4. The number of rotatable bonds is 5. The van der Waals surface area contributed by atoms with Gasteiger partial charge in [-0.2, -0.15) is 8.42 Å². The maximum Gasteiger partial charge on any atom is 0.333 e. The standard InChI is InChI=1S/C7H15NO8S/c1-14-7(3-15-17(8,12)13)6(11)5(10)4(2-9)16-7/h4-6,9-11H,2-3H2,1H3,(H2,8,12,13)/t4?,5-,6?,7?/m1/s1. The number of methoxy groups -OCH3 is 1. The minimum Gasteiger partial charge on any atom is -0.394 e. The van der Waals surface area contributed by atoms with Gasteiger partial charge in [0.05, 0.1) is 6.61 Å². The molecule has 10 heteroatoms.